The molecule has 0 atom stereocenters. The third-order valence-electron chi connectivity index (χ3n) is 1.03. The molecule has 0 bridgehead atoms. The minimum absolute atomic E-state index is 0. The smallest absolute Gasteiger partial charge is 0.222 e. The Kier molecular flexibility index (Phi) is 2.96. The number of carbonyl (C=O) groups is 3. The van der Waals surface area contributed by atoms with Crippen LogP contribution in [0.2, 0.25) is 0 Å². The number of hydrogen-bond donors (Lipinski definition) is 0. The summed E-state index contributed by atoms with van der Waals surface area (Å²) in [5.41, 5.74) is 0. The van der Waals surface area contributed by atoms with Gasteiger partial charge >= 0.3 is 0 Å². The lowest BCUT2D eigenvalue weighted by Crippen LogP contribution is -2.19. The van der Waals surface area contributed by atoms with Crippen LogP contribution in [0.3, 0.4) is 0 Å². The van der Waals surface area contributed by atoms with Gasteiger partial charge in [0, 0.05) is 0 Å². The average Bonchev–Trinajstić information content (AvgIpc) is 1.80. The molecular weight excluding hydrogens is 156 g/mol. The zero-order valence-electron chi connectivity index (χ0n) is 4.99. The summed E-state index contributed by atoms with van der Waals surface area (Å²) >= 11 is 0. The summed E-state index contributed by atoms with van der Waals surface area (Å²) in [6.45, 7) is 0. The summed E-state index contributed by atoms with van der Waals surface area (Å²) in [5.74, 6) is -1.48. The highest BCUT2D eigenvalue weighted by atomic mass is 35.5. The zero-order chi connectivity index (χ0) is 6.85. The first-order valence-electron chi connectivity index (χ1n) is 2.48. The molecule has 0 amide bonds. The summed E-state index contributed by atoms with van der Waals surface area (Å²) in [6, 6.07) is 0. The maximum atomic E-state index is 10.4. The molecule has 0 aliphatic heterocycles. The van der Waals surface area contributed by atoms with Gasteiger partial charge in [0.25, 0.3) is 0 Å². The van der Waals surface area contributed by atoms with Gasteiger partial charge in [0.2, 0.25) is 11.6 Å². The van der Waals surface area contributed by atoms with E-state index in [1.165, 1.54) is 0 Å². The molecule has 0 fully saturated rings. The Labute approximate surface area is 63.5 Å². The molecule has 0 spiro atoms. The van der Waals surface area contributed by atoms with Gasteiger partial charge in [0.1, 0.15) is 0 Å². The molecule has 0 saturated carbocycles. The third-order valence-corrected chi connectivity index (χ3v) is 1.03. The van der Waals surface area contributed by atoms with E-state index in [4.69, 9.17) is 0 Å². The van der Waals surface area contributed by atoms with Gasteiger partial charge in [-0.15, -0.1) is 12.4 Å². The molecule has 1 aliphatic rings. The summed E-state index contributed by atoms with van der Waals surface area (Å²) in [6.07, 6.45) is 1.88. The number of hydrogen-bond acceptors (Lipinski definition) is 3. The molecule has 0 unspecified atom stereocenters. The summed E-state index contributed by atoms with van der Waals surface area (Å²) in [5, 5.41) is 0. The number of Topliss-reactive ketones (excluding diaryl/α,β-unsaturated/α-hetero) is 1. The molecule has 0 aromatic heterocycles. The highest BCUT2D eigenvalue weighted by Crippen LogP contribution is 1.97. The van der Waals surface area contributed by atoms with E-state index in [-0.39, 0.29) is 24.6 Å². The first kappa shape index (κ1) is 9.04. The zero-order valence-corrected chi connectivity index (χ0v) is 5.81. The van der Waals surface area contributed by atoms with Gasteiger partial charge in [-0.25, -0.2) is 0 Å². The van der Waals surface area contributed by atoms with Gasteiger partial charge in [-0.3, -0.25) is 14.4 Å². The summed E-state index contributed by atoms with van der Waals surface area (Å²) in [4.78, 5) is 31.1. The monoisotopic (exact) mass is 160 g/mol. The molecule has 10 heavy (non-hydrogen) atoms. The number of allylic oxidation sites excluding steroid dienone is 2. The van der Waals surface area contributed by atoms with E-state index < -0.39 is 11.6 Å². The third kappa shape index (κ3) is 1.77. The Balaban J connectivity index is 0.000000810. The standard InChI is InChI=1S/C6H4O3.ClH/c7-4-1-2-5(8)6(9)3-4;/h1-2H,3H2;1H. The molecule has 1 aliphatic carbocycles. The predicted molar refractivity (Wildman–Crippen MR) is 36.0 cm³/mol. The van der Waals surface area contributed by atoms with Crippen LogP contribution < -0.4 is 0 Å². The molecule has 3 nitrogen and oxygen atoms in total. The molecule has 0 aromatic rings. The Morgan fingerprint density at radius 2 is 1.70 bits per heavy atom. The lowest BCUT2D eigenvalue weighted by Gasteiger charge is -1.96. The molecule has 4 heteroatoms. The number of carbonyl (C=O) groups excluding carboxylic acids is 3. The number of ketones is 3. The van der Waals surface area contributed by atoms with E-state index in [0.717, 1.165) is 12.2 Å². The lowest BCUT2D eigenvalue weighted by atomic mass is 10.0. The topological polar surface area (TPSA) is 51.2 Å². The Hall–Kier alpha value is -0.960. The van der Waals surface area contributed by atoms with Crippen molar-refractivity contribution in [2.45, 2.75) is 6.42 Å². The second-order valence-electron chi connectivity index (χ2n) is 1.76. The van der Waals surface area contributed by atoms with E-state index in [9.17, 15) is 14.4 Å². The van der Waals surface area contributed by atoms with E-state index in [1.54, 1.807) is 0 Å². The van der Waals surface area contributed by atoms with Gasteiger partial charge in [-0.05, 0) is 12.2 Å². The SMILES string of the molecule is Cl.O=C1C=CC(=O)C(=O)C1. The van der Waals surface area contributed by atoms with Gasteiger partial charge in [-0.1, -0.05) is 0 Å². The predicted octanol–water partition coefficient (Wildman–Crippen LogP) is 0.0754. The van der Waals surface area contributed by atoms with E-state index in [1.807, 2.05) is 0 Å². The van der Waals surface area contributed by atoms with Crippen LogP contribution in [0.25, 0.3) is 0 Å². The minimum Gasteiger partial charge on any atom is -0.294 e. The molecule has 0 N–H and O–H groups in total. The minimum atomic E-state index is -0.609. The van der Waals surface area contributed by atoms with Crippen molar-refractivity contribution in [1.29, 1.82) is 0 Å². The second kappa shape index (κ2) is 3.27. The van der Waals surface area contributed by atoms with Crippen LogP contribution in [0, 0.1) is 0 Å². The van der Waals surface area contributed by atoms with Crippen molar-refractivity contribution in [3.05, 3.63) is 12.2 Å². The molecule has 0 aromatic carbocycles. The van der Waals surface area contributed by atoms with E-state index in [2.05, 4.69) is 0 Å². The van der Waals surface area contributed by atoms with Crippen molar-refractivity contribution in [3.8, 4) is 0 Å². The normalized spacial score (nSPS) is 17.0. The van der Waals surface area contributed by atoms with E-state index >= 15 is 0 Å². The average molecular weight is 161 g/mol. The van der Waals surface area contributed by atoms with Crippen LogP contribution >= 0.6 is 12.4 Å². The van der Waals surface area contributed by atoms with Crippen molar-refractivity contribution in [1.82, 2.24) is 0 Å². The van der Waals surface area contributed by atoms with Gasteiger partial charge in [-0.2, -0.15) is 0 Å². The summed E-state index contributed by atoms with van der Waals surface area (Å²) < 4.78 is 0. The van der Waals surface area contributed by atoms with Crippen LogP contribution in [0.4, 0.5) is 0 Å². The highest BCUT2D eigenvalue weighted by Gasteiger charge is 2.18. The largest absolute Gasteiger partial charge is 0.294 e. The van der Waals surface area contributed by atoms with E-state index in [0.29, 0.717) is 0 Å². The van der Waals surface area contributed by atoms with Crippen molar-refractivity contribution < 1.29 is 14.4 Å². The van der Waals surface area contributed by atoms with Crippen LogP contribution in [-0.4, -0.2) is 17.3 Å². The van der Waals surface area contributed by atoms with Gasteiger partial charge in [0.15, 0.2) is 5.78 Å². The first-order valence-corrected chi connectivity index (χ1v) is 2.48. The fourth-order valence-corrected chi connectivity index (χ4v) is 0.566. The number of halogens is 1. The maximum Gasteiger partial charge on any atom is 0.222 e. The molecule has 0 saturated heterocycles. The van der Waals surface area contributed by atoms with Crippen molar-refractivity contribution in [3.63, 3.8) is 0 Å². The van der Waals surface area contributed by atoms with Gasteiger partial charge < -0.3 is 0 Å². The molecule has 0 heterocycles. The first-order chi connectivity index (χ1) is 4.20. The fraction of sp³-hybridized carbons (Fsp3) is 0.167. The molecule has 54 valence electrons. The Morgan fingerprint density at radius 3 is 2.10 bits per heavy atom. The van der Waals surface area contributed by atoms with Gasteiger partial charge in [0.05, 0.1) is 6.42 Å². The van der Waals surface area contributed by atoms with Crippen molar-refractivity contribution in [2.75, 3.05) is 0 Å². The van der Waals surface area contributed by atoms with Crippen molar-refractivity contribution in [2.24, 2.45) is 0 Å². The highest BCUT2D eigenvalue weighted by molar-refractivity contribution is 6.47. The maximum absolute atomic E-state index is 10.4. The fourth-order valence-electron chi connectivity index (χ4n) is 0.566. The van der Waals surface area contributed by atoms with Crippen LogP contribution in [0.15, 0.2) is 12.2 Å². The second-order valence-corrected chi connectivity index (χ2v) is 1.76. The van der Waals surface area contributed by atoms with Crippen LogP contribution in [0.1, 0.15) is 6.42 Å². The molecule has 1 rings (SSSR count). The number of rotatable bonds is 0. The van der Waals surface area contributed by atoms with Crippen LogP contribution in [-0.2, 0) is 14.4 Å². The van der Waals surface area contributed by atoms with Crippen LogP contribution in [0.5, 0.6) is 0 Å². The Bertz CT molecular complexity index is 217. The molecule has 0 radical (unpaired) electrons. The quantitative estimate of drug-likeness (QED) is 0.372. The van der Waals surface area contributed by atoms with Crippen molar-refractivity contribution >= 4 is 29.8 Å². The Morgan fingerprint density at radius 1 is 1.10 bits per heavy atom. The summed E-state index contributed by atoms with van der Waals surface area (Å²) in [7, 11) is 0. The molecular formula is C6H5ClO3. The lowest BCUT2D eigenvalue weighted by molar-refractivity contribution is -0.136.